The summed E-state index contributed by atoms with van der Waals surface area (Å²) in [6, 6.07) is 21.3. The molecule has 2 aliphatic rings. The van der Waals surface area contributed by atoms with Crippen LogP contribution in [-0.2, 0) is 17.8 Å². The average molecular weight is 548 g/mol. The summed E-state index contributed by atoms with van der Waals surface area (Å²) in [6.45, 7) is 4.69. The number of piperazine rings is 1. The van der Waals surface area contributed by atoms with Gasteiger partial charge < -0.3 is 15.1 Å². The molecule has 0 saturated carbocycles. The zero-order valence-electron chi connectivity index (χ0n) is 23.1. The number of hydrogen-bond donors (Lipinski definition) is 1. The van der Waals surface area contributed by atoms with Crippen molar-refractivity contribution in [2.24, 2.45) is 0 Å². The fourth-order valence-corrected chi connectivity index (χ4v) is 5.58. The second-order valence-corrected chi connectivity index (χ2v) is 10.5. The third-order valence-corrected chi connectivity index (χ3v) is 7.88. The molecule has 0 bridgehead atoms. The molecule has 0 radical (unpaired) electrons. The lowest BCUT2D eigenvalue weighted by Gasteiger charge is -2.36. The van der Waals surface area contributed by atoms with Crippen LogP contribution in [0.2, 0.25) is 0 Å². The number of benzene rings is 2. The molecular weight excluding hydrogens is 514 g/mol. The molecule has 1 N–H and O–H groups in total. The highest BCUT2D eigenvalue weighted by Gasteiger charge is 2.30. The summed E-state index contributed by atoms with van der Waals surface area (Å²) in [4.78, 5) is 45.8. The van der Waals surface area contributed by atoms with Gasteiger partial charge >= 0.3 is 0 Å². The van der Waals surface area contributed by atoms with Crippen LogP contribution >= 0.6 is 0 Å². The molecule has 1 saturated heterocycles. The topological polar surface area (TPSA) is 94.6 Å². The number of nitrogens with one attached hydrogen (secondary N) is 1. The fraction of sp³-hybridized carbons (Fsp3) is 0.281. The highest BCUT2D eigenvalue weighted by atomic mass is 16.2. The Labute approximate surface area is 239 Å². The number of aryl methyl sites for hydroxylation is 1. The first-order valence-corrected chi connectivity index (χ1v) is 14.0. The molecule has 0 aliphatic carbocycles. The normalized spacial score (nSPS) is 17.6. The van der Waals surface area contributed by atoms with Gasteiger partial charge in [-0.05, 0) is 48.2 Å². The summed E-state index contributed by atoms with van der Waals surface area (Å²) in [5.74, 6) is -0.540. The quantitative estimate of drug-likeness (QED) is 0.394. The maximum absolute atomic E-state index is 13.5. The predicted octanol–water partition coefficient (Wildman–Crippen LogP) is 3.57. The number of carbonyl (C=O) groups is 2. The van der Waals surface area contributed by atoms with E-state index < -0.39 is 11.9 Å². The number of rotatable bonds is 6. The molecule has 208 valence electrons. The summed E-state index contributed by atoms with van der Waals surface area (Å²) in [7, 11) is 1.79. The van der Waals surface area contributed by atoms with Gasteiger partial charge in [-0.3, -0.25) is 19.5 Å². The van der Waals surface area contributed by atoms with Crippen LogP contribution in [0.25, 0.3) is 11.3 Å². The largest absolute Gasteiger partial charge is 0.369 e. The molecule has 9 nitrogen and oxygen atoms in total. The predicted molar refractivity (Wildman–Crippen MR) is 159 cm³/mol. The zero-order chi connectivity index (χ0) is 28.2. The summed E-state index contributed by atoms with van der Waals surface area (Å²) in [6.07, 6.45) is 6.44. The van der Waals surface area contributed by atoms with Crippen LogP contribution in [0.15, 0.2) is 85.3 Å². The van der Waals surface area contributed by atoms with E-state index in [0.717, 1.165) is 49.5 Å². The summed E-state index contributed by atoms with van der Waals surface area (Å²) in [5.41, 5.74) is 5.95. The van der Waals surface area contributed by atoms with E-state index in [-0.39, 0.29) is 11.7 Å². The van der Waals surface area contributed by atoms with E-state index in [4.69, 9.17) is 0 Å². The molecule has 2 aliphatic heterocycles. The van der Waals surface area contributed by atoms with Gasteiger partial charge in [-0.1, -0.05) is 42.5 Å². The SMILES string of the molecule is CN1C(=O)C(NC(=O)c2nccc(-c3ccccc3)n2)CCc2ccc(CN3CCN(c4ccncc4)CC3)cc21. The third-order valence-electron chi connectivity index (χ3n) is 7.88. The van der Waals surface area contributed by atoms with Crippen molar-refractivity contribution in [3.8, 4) is 11.3 Å². The Hall–Kier alpha value is -4.63. The van der Waals surface area contributed by atoms with E-state index in [1.54, 1.807) is 24.2 Å². The van der Waals surface area contributed by atoms with E-state index in [0.29, 0.717) is 18.5 Å². The number of fused-ring (bicyclic) bond motifs is 1. The number of hydrogen-bond acceptors (Lipinski definition) is 7. The minimum atomic E-state index is -0.659. The number of pyridine rings is 1. The Morgan fingerprint density at radius 1 is 0.951 bits per heavy atom. The van der Waals surface area contributed by atoms with Gasteiger partial charge in [-0.2, -0.15) is 0 Å². The molecule has 4 aromatic rings. The third kappa shape index (κ3) is 5.95. The van der Waals surface area contributed by atoms with Gasteiger partial charge in [0.1, 0.15) is 6.04 Å². The number of carbonyl (C=O) groups excluding carboxylic acids is 2. The van der Waals surface area contributed by atoms with Crippen LogP contribution in [0, 0.1) is 0 Å². The molecule has 1 unspecified atom stereocenters. The van der Waals surface area contributed by atoms with Gasteiger partial charge in [-0.25, -0.2) is 9.97 Å². The molecule has 9 heteroatoms. The summed E-state index contributed by atoms with van der Waals surface area (Å²) < 4.78 is 0. The minimum Gasteiger partial charge on any atom is -0.369 e. The Bertz CT molecular complexity index is 1520. The zero-order valence-corrected chi connectivity index (χ0v) is 23.1. The first-order chi connectivity index (χ1) is 20.0. The van der Waals surface area contributed by atoms with E-state index in [1.165, 1.54) is 11.3 Å². The molecule has 1 fully saturated rings. The van der Waals surface area contributed by atoms with Gasteiger partial charge in [0.05, 0.1) is 5.69 Å². The van der Waals surface area contributed by atoms with Gasteiger partial charge in [0.25, 0.3) is 5.91 Å². The second kappa shape index (κ2) is 11.9. The standard InChI is InChI=1S/C32H33N7O2/c1-37-29-21-23(22-38-17-19-39(20-18-38)26-11-14-33-15-12-26)7-8-25(29)9-10-28(32(37)41)36-31(40)30-34-16-13-27(35-30)24-5-3-2-4-6-24/h2-8,11-16,21,28H,9-10,17-20,22H2,1H3,(H,36,40). The van der Waals surface area contributed by atoms with Crippen LogP contribution in [0.5, 0.6) is 0 Å². The van der Waals surface area contributed by atoms with E-state index >= 15 is 0 Å². The number of anilines is 2. The lowest BCUT2D eigenvalue weighted by molar-refractivity contribution is -0.120. The summed E-state index contributed by atoms with van der Waals surface area (Å²) in [5, 5.41) is 2.89. The Balaban J connectivity index is 1.10. The smallest absolute Gasteiger partial charge is 0.289 e. The monoisotopic (exact) mass is 547 g/mol. The Morgan fingerprint density at radius 2 is 1.73 bits per heavy atom. The van der Waals surface area contributed by atoms with Gasteiger partial charge in [-0.15, -0.1) is 0 Å². The molecule has 41 heavy (non-hydrogen) atoms. The minimum absolute atomic E-state index is 0.0508. The van der Waals surface area contributed by atoms with Crippen molar-refractivity contribution in [3.63, 3.8) is 0 Å². The van der Waals surface area contributed by atoms with Crippen LogP contribution in [-0.4, -0.2) is 70.9 Å². The van der Waals surface area contributed by atoms with Crippen molar-refractivity contribution in [3.05, 3.63) is 102 Å². The van der Waals surface area contributed by atoms with Crippen molar-refractivity contribution >= 4 is 23.2 Å². The molecule has 4 heterocycles. The van der Waals surface area contributed by atoms with Crippen molar-refractivity contribution in [2.75, 3.05) is 43.0 Å². The Kier molecular flexibility index (Phi) is 7.69. The van der Waals surface area contributed by atoms with E-state index in [9.17, 15) is 9.59 Å². The van der Waals surface area contributed by atoms with Crippen LogP contribution < -0.4 is 15.1 Å². The van der Waals surface area contributed by atoms with Crippen molar-refractivity contribution < 1.29 is 9.59 Å². The number of aromatic nitrogens is 3. The number of likely N-dealkylation sites (N-methyl/N-ethyl adjacent to an activating group) is 1. The van der Waals surface area contributed by atoms with Crippen molar-refractivity contribution in [1.29, 1.82) is 0 Å². The van der Waals surface area contributed by atoms with Crippen LogP contribution in [0.3, 0.4) is 0 Å². The maximum atomic E-state index is 13.5. The van der Waals surface area contributed by atoms with E-state index in [1.807, 2.05) is 42.7 Å². The molecule has 6 rings (SSSR count). The lowest BCUT2D eigenvalue weighted by Crippen LogP contribution is -2.47. The lowest BCUT2D eigenvalue weighted by atomic mass is 10.0. The summed E-state index contributed by atoms with van der Waals surface area (Å²) >= 11 is 0. The molecule has 2 amide bonds. The maximum Gasteiger partial charge on any atom is 0.289 e. The highest BCUT2D eigenvalue weighted by Crippen LogP contribution is 2.28. The second-order valence-electron chi connectivity index (χ2n) is 10.5. The molecule has 1 atom stereocenters. The van der Waals surface area contributed by atoms with Crippen LogP contribution in [0.1, 0.15) is 28.2 Å². The Morgan fingerprint density at radius 3 is 2.51 bits per heavy atom. The van der Waals surface area contributed by atoms with Gasteiger partial charge in [0, 0.05) is 75.3 Å². The molecule has 0 spiro atoms. The molecule has 2 aromatic carbocycles. The number of nitrogens with zero attached hydrogens (tertiary/aromatic N) is 6. The van der Waals surface area contributed by atoms with Crippen molar-refractivity contribution in [2.45, 2.75) is 25.4 Å². The van der Waals surface area contributed by atoms with Crippen LogP contribution in [0.4, 0.5) is 11.4 Å². The first-order valence-electron chi connectivity index (χ1n) is 14.0. The van der Waals surface area contributed by atoms with Crippen molar-refractivity contribution in [1.82, 2.24) is 25.2 Å². The highest BCUT2D eigenvalue weighted by molar-refractivity contribution is 6.02. The number of amides is 2. The van der Waals surface area contributed by atoms with E-state index in [2.05, 4.69) is 60.4 Å². The average Bonchev–Trinajstić information content (AvgIpc) is 3.14. The molecule has 2 aromatic heterocycles. The van der Waals surface area contributed by atoms with Gasteiger partial charge in [0.2, 0.25) is 11.7 Å². The first kappa shape index (κ1) is 26.6. The van der Waals surface area contributed by atoms with Gasteiger partial charge in [0.15, 0.2) is 0 Å². The molecular formula is C32H33N7O2. The fourth-order valence-electron chi connectivity index (χ4n) is 5.58.